The van der Waals surface area contributed by atoms with Crippen molar-refractivity contribution in [2.24, 2.45) is 5.73 Å². The van der Waals surface area contributed by atoms with E-state index in [-0.39, 0.29) is 6.61 Å². The Labute approximate surface area is 103 Å². The van der Waals surface area contributed by atoms with E-state index in [1.54, 1.807) is 12.4 Å². The Hall–Kier alpha value is -0.720. The molecule has 5 nitrogen and oxygen atoms in total. The van der Waals surface area contributed by atoms with Crippen LogP contribution in [0.3, 0.4) is 0 Å². The van der Waals surface area contributed by atoms with Crippen molar-refractivity contribution >= 4 is 21.9 Å². The van der Waals surface area contributed by atoms with Crippen LogP contribution in [0.15, 0.2) is 16.9 Å². The summed E-state index contributed by atoms with van der Waals surface area (Å²) in [5.74, 6) is 0.725. The van der Waals surface area contributed by atoms with Crippen LogP contribution >= 0.6 is 15.9 Å². The maximum absolute atomic E-state index is 9.16. The molecule has 1 aliphatic rings. The first kappa shape index (κ1) is 11.8. The summed E-state index contributed by atoms with van der Waals surface area (Å²) in [6.45, 7) is 1.62. The summed E-state index contributed by atoms with van der Waals surface area (Å²) in [6, 6.07) is 0. The molecule has 16 heavy (non-hydrogen) atoms. The average molecular weight is 287 g/mol. The number of nitrogens with zero attached hydrogens (tertiary/aromatic N) is 3. The summed E-state index contributed by atoms with van der Waals surface area (Å²) >= 11 is 3.30. The second kappa shape index (κ2) is 4.65. The molecule has 0 unspecified atom stereocenters. The number of aliphatic hydroxyl groups excluding tert-OH is 1. The van der Waals surface area contributed by atoms with E-state index in [1.807, 2.05) is 0 Å². The van der Waals surface area contributed by atoms with Gasteiger partial charge in [0.05, 0.1) is 11.1 Å². The van der Waals surface area contributed by atoms with Gasteiger partial charge >= 0.3 is 0 Å². The second-order valence-electron chi connectivity index (χ2n) is 4.21. The number of hydrogen-bond acceptors (Lipinski definition) is 5. The molecule has 0 aliphatic carbocycles. The first-order valence-electron chi connectivity index (χ1n) is 5.25. The summed E-state index contributed by atoms with van der Waals surface area (Å²) in [5.41, 5.74) is 5.57. The molecular weight excluding hydrogens is 272 g/mol. The van der Waals surface area contributed by atoms with E-state index in [0.717, 1.165) is 36.4 Å². The van der Waals surface area contributed by atoms with E-state index in [0.29, 0.717) is 0 Å². The van der Waals surface area contributed by atoms with Crippen LogP contribution in [0.4, 0.5) is 5.95 Å². The van der Waals surface area contributed by atoms with Crippen molar-refractivity contribution < 1.29 is 5.11 Å². The zero-order chi connectivity index (χ0) is 11.6. The van der Waals surface area contributed by atoms with Crippen LogP contribution in [-0.4, -0.2) is 40.3 Å². The molecule has 1 aliphatic heterocycles. The van der Waals surface area contributed by atoms with Crippen molar-refractivity contribution in [1.82, 2.24) is 9.97 Å². The van der Waals surface area contributed by atoms with Crippen LogP contribution in [0.1, 0.15) is 12.8 Å². The summed E-state index contributed by atoms with van der Waals surface area (Å²) in [6.07, 6.45) is 5.00. The van der Waals surface area contributed by atoms with E-state index in [1.165, 1.54) is 0 Å². The van der Waals surface area contributed by atoms with Gasteiger partial charge in [0.1, 0.15) is 0 Å². The molecule has 1 aromatic rings. The van der Waals surface area contributed by atoms with Gasteiger partial charge in [-0.3, -0.25) is 0 Å². The maximum atomic E-state index is 9.16. The van der Waals surface area contributed by atoms with E-state index >= 15 is 0 Å². The molecule has 0 spiro atoms. The largest absolute Gasteiger partial charge is 0.394 e. The van der Waals surface area contributed by atoms with Crippen molar-refractivity contribution in [3.05, 3.63) is 16.9 Å². The quantitative estimate of drug-likeness (QED) is 0.830. The van der Waals surface area contributed by atoms with Crippen molar-refractivity contribution in [2.45, 2.75) is 18.4 Å². The number of piperidine rings is 1. The Bertz CT molecular complexity index is 348. The molecule has 88 valence electrons. The van der Waals surface area contributed by atoms with Crippen molar-refractivity contribution in [3.8, 4) is 0 Å². The van der Waals surface area contributed by atoms with E-state index in [4.69, 9.17) is 10.8 Å². The third-order valence-corrected chi connectivity index (χ3v) is 3.37. The fraction of sp³-hybridized carbons (Fsp3) is 0.600. The van der Waals surface area contributed by atoms with Crippen molar-refractivity contribution in [1.29, 1.82) is 0 Å². The zero-order valence-corrected chi connectivity index (χ0v) is 10.5. The molecule has 0 aromatic carbocycles. The summed E-state index contributed by atoms with van der Waals surface area (Å²) < 4.78 is 0.872. The fourth-order valence-electron chi connectivity index (χ4n) is 1.78. The Kier molecular flexibility index (Phi) is 3.41. The third-order valence-electron chi connectivity index (χ3n) is 2.96. The lowest BCUT2D eigenvalue weighted by molar-refractivity contribution is 0.169. The van der Waals surface area contributed by atoms with Crippen LogP contribution in [-0.2, 0) is 0 Å². The van der Waals surface area contributed by atoms with E-state index < -0.39 is 5.54 Å². The molecule has 2 rings (SSSR count). The highest BCUT2D eigenvalue weighted by atomic mass is 79.9. The predicted molar refractivity (Wildman–Crippen MR) is 65.2 cm³/mol. The summed E-state index contributed by atoms with van der Waals surface area (Å²) in [4.78, 5) is 10.6. The number of nitrogens with two attached hydrogens (primary N) is 1. The summed E-state index contributed by atoms with van der Waals surface area (Å²) in [7, 11) is 0. The van der Waals surface area contributed by atoms with Gasteiger partial charge in [-0.1, -0.05) is 0 Å². The van der Waals surface area contributed by atoms with Gasteiger partial charge < -0.3 is 15.7 Å². The van der Waals surface area contributed by atoms with Gasteiger partial charge in [-0.05, 0) is 28.8 Å². The summed E-state index contributed by atoms with van der Waals surface area (Å²) in [5, 5.41) is 9.16. The predicted octanol–water partition coefficient (Wildman–Crippen LogP) is 0.529. The minimum absolute atomic E-state index is 0.0437. The minimum Gasteiger partial charge on any atom is -0.394 e. The van der Waals surface area contributed by atoms with Crippen LogP contribution < -0.4 is 10.6 Å². The van der Waals surface area contributed by atoms with Gasteiger partial charge in [0.15, 0.2) is 0 Å². The topological polar surface area (TPSA) is 75.3 Å². The van der Waals surface area contributed by atoms with Gasteiger partial charge in [-0.15, -0.1) is 0 Å². The van der Waals surface area contributed by atoms with Crippen LogP contribution in [0, 0.1) is 0 Å². The van der Waals surface area contributed by atoms with Crippen molar-refractivity contribution in [3.63, 3.8) is 0 Å². The third kappa shape index (κ3) is 2.50. The maximum Gasteiger partial charge on any atom is 0.225 e. The molecule has 3 N–H and O–H groups in total. The van der Waals surface area contributed by atoms with Gasteiger partial charge in [0.25, 0.3) is 0 Å². The number of hydrogen-bond donors (Lipinski definition) is 2. The smallest absolute Gasteiger partial charge is 0.225 e. The molecule has 0 amide bonds. The standard InChI is InChI=1S/C10H15BrN4O/c11-8-5-13-9(14-6-8)15-3-1-10(12,7-16)2-4-15/h5-6,16H,1-4,7,12H2. The van der Waals surface area contributed by atoms with Crippen LogP contribution in [0.25, 0.3) is 0 Å². The first-order chi connectivity index (χ1) is 7.63. The van der Waals surface area contributed by atoms with Crippen LogP contribution in [0.2, 0.25) is 0 Å². The van der Waals surface area contributed by atoms with Crippen molar-refractivity contribution in [2.75, 3.05) is 24.6 Å². The number of anilines is 1. The zero-order valence-electron chi connectivity index (χ0n) is 8.93. The lowest BCUT2D eigenvalue weighted by Crippen LogP contribution is -2.53. The number of aromatic nitrogens is 2. The highest BCUT2D eigenvalue weighted by Gasteiger charge is 2.30. The molecule has 0 radical (unpaired) electrons. The lowest BCUT2D eigenvalue weighted by Gasteiger charge is -2.37. The van der Waals surface area contributed by atoms with Gasteiger partial charge in [-0.25, -0.2) is 9.97 Å². The van der Waals surface area contributed by atoms with E-state index in [2.05, 4.69) is 30.8 Å². The molecular formula is C10H15BrN4O. The Morgan fingerprint density at radius 1 is 1.38 bits per heavy atom. The Balaban J connectivity index is 2.01. The van der Waals surface area contributed by atoms with E-state index in [9.17, 15) is 0 Å². The molecule has 2 heterocycles. The lowest BCUT2D eigenvalue weighted by atomic mass is 9.90. The number of rotatable bonds is 2. The normalized spacial score (nSPS) is 19.8. The van der Waals surface area contributed by atoms with Crippen LogP contribution in [0.5, 0.6) is 0 Å². The van der Waals surface area contributed by atoms with Gasteiger partial charge in [-0.2, -0.15) is 0 Å². The Morgan fingerprint density at radius 3 is 2.44 bits per heavy atom. The number of aliphatic hydroxyl groups is 1. The highest BCUT2D eigenvalue weighted by Crippen LogP contribution is 2.22. The molecule has 0 bridgehead atoms. The Morgan fingerprint density at radius 2 is 1.94 bits per heavy atom. The highest BCUT2D eigenvalue weighted by molar-refractivity contribution is 9.10. The minimum atomic E-state index is -0.425. The van der Waals surface area contributed by atoms with Gasteiger partial charge in [0, 0.05) is 31.0 Å². The fourth-order valence-corrected chi connectivity index (χ4v) is 1.98. The molecule has 1 aromatic heterocycles. The second-order valence-corrected chi connectivity index (χ2v) is 5.12. The first-order valence-corrected chi connectivity index (χ1v) is 6.04. The SMILES string of the molecule is NC1(CO)CCN(c2ncc(Br)cn2)CC1. The molecule has 0 atom stereocenters. The number of halogens is 1. The molecule has 0 saturated carbocycles. The molecule has 6 heteroatoms. The monoisotopic (exact) mass is 286 g/mol. The average Bonchev–Trinajstić information content (AvgIpc) is 2.32. The van der Waals surface area contributed by atoms with Gasteiger partial charge in [0.2, 0.25) is 5.95 Å². The molecule has 1 saturated heterocycles. The molecule has 1 fully saturated rings.